The predicted molar refractivity (Wildman–Crippen MR) is 454 cm³/mol. The van der Waals surface area contributed by atoms with E-state index >= 15 is 19.2 Å². The maximum atomic E-state index is 15.5. The number of H-pyrrole nitrogens is 3. The zero-order valence-electron chi connectivity index (χ0n) is 68.5. The lowest BCUT2D eigenvalue weighted by Crippen LogP contribution is -2.62. The van der Waals surface area contributed by atoms with E-state index in [-0.39, 0.29) is 134 Å². The first kappa shape index (κ1) is 95.3. The van der Waals surface area contributed by atoms with Crippen LogP contribution < -0.4 is 109 Å². The number of carbonyl (C=O) groups is 11. The Kier molecular flexibility index (Phi) is 38.6. The van der Waals surface area contributed by atoms with Gasteiger partial charge in [0.15, 0.2) is 23.8 Å². The first-order valence-electron chi connectivity index (χ1n) is 40.4. The van der Waals surface area contributed by atoms with Gasteiger partial charge in [-0.2, -0.15) is 0 Å². The summed E-state index contributed by atoms with van der Waals surface area (Å²) >= 11 is 0. The van der Waals surface area contributed by atoms with E-state index in [4.69, 9.17) is 56.0 Å². The van der Waals surface area contributed by atoms with Gasteiger partial charge in [-0.05, 0) is 143 Å². The normalized spacial score (nSPS) is 14.3. The maximum Gasteiger partial charge on any atom is 0.326 e. The number of carbonyl (C=O) groups excluding carboxylic acids is 10. The molecule has 0 unspecified atom stereocenters. The molecule has 0 radical (unpaired) electrons. The first-order valence-corrected chi connectivity index (χ1v) is 40.4. The van der Waals surface area contributed by atoms with E-state index in [9.17, 15) is 38.7 Å². The van der Waals surface area contributed by atoms with Gasteiger partial charge in [0.1, 0.15) is 60.4 Å². The Morgan fingerprint density at radius 1 is 0.378 bits per heavy atom. The van der Waals surface area contributed by atoms with Crippen LogP contribution in [-0.4, -0.2) is 208 Å². The van der Waals surface area contributed by atoms with Crippen LogP contribution in [0, 0.1) is 39.4 Å². The molecule has 0 aliphatic carbocycles. The fourth-order valence-corrected chi connectivity index (χ4v) is 13.6. The van der Waals surface area contributed by atoms with Crippen molar-refractivity contribution in [3.63, 3.8) is 0 Å². The molecule has 0 bridgehead atoms. The highest BCUT2D eigenvalue weighted by Gasteiger charge is 2.39. The quantitative estimate of drug-likeness (QED) is 0.0128. The van der Waals surface area contributed by atoms with E-state index in [0.29, 0.717) is 34.9 Å². The summed E-state index contributed by atoms with van der Waals surface area (Å²) in [5.74, 6) is -12.6. The lowest BCUT2D eigenvalue weighted by molar-refractivity contribution is -0.142. The number of aromatic amines is 3. The summed E-state index contributed by atoms with van der Waals surface area (Å²) in [5.41, 5.74) is 38.8. The van der Waals surface area contributed by atoms with Crippen LogP contribution in [0.3, 0.4) is 0 Å². The van der Waals surface area contributed by atoms with E-state index in [1.165, 1.54) is 0 Å². The minimum atomic E-state index is -1.55. The Labute approximate surface area is 691 Å². The van der Waals surface area contributed by atoms with Crippen LogP contribution >= 0.6 is 0 Å². The van der Waals surface area contributed by atoms with E-state index < -0.39 is 161 Å². The summed E-state index contributed by atoms with van der Waals surface area (Å²) < 4.78 is 0. The van der Waals surface area contributed by atoms with Gasteiger partial charge in [0, 0.05) is 90.3 Å². The molecule has 39 nitrogen and oxygen atoms in total. The lowest BCUT2D eigenvalue weighted by Gasteiger charge is -2.30. The Hall–Kier alpha value is -12.5. The van der Waals surface area contributed by atoms with Crippen LogP contribution in [-0.2, 0) is 72.0 Å². The summed E-state index contributed by atoms with van der Waals surface area (Å²) in [7, 11) is 0. The molecule has 3 aromatic carbocycles. The lowest BCUT2D eigenvalue weighted by atomic mass is 9.95. The third-order valence-corrected chi connectivity index (χ3v) is 20.3. The number of hydrogen-bond donors (Lipinski definition) is 28. The van der Waals surface area contributed by atoms with Crippen molar-refractivity contribution in [3.8, 4) is 0 Å². The topological polar surface area (TPSA) is 675 Å². The molecule has 10 amide bonds. The molecule has 0 aliphatic heterocycles. The largest absolute Gasteiger partial charge is 0.480 e. The molecule has 34 N–H and O–H groups in total. The first-order chi connectivity index (χ1) is 56.7. The van der Waals surface area contributed by atoms with Crippen molar-refractivity contribution in [2.75, 3.05) is 32.7 Å². The maximum absolute atomic E-state index is 15.5. The Bertz CT molecular complexity index is 4440. The summed E-state index contributed by atoms with van der Waals surface area (Å²) in [4.78, 5) is 170. The molecule has 0 saturated heterocycles. The van der Waals surface area contributed by atoms with Crippen molar-refractivity contribution < 1.29 is 57.8 Å². The third-order valence-electron chi connectivity index (χ3n) is 20.3. The standard InChI is InChI=1S/C80H123N27O12/c1-7-45(6)65(107-73(115)63(39-48-42-97-55-25-13-10-22-51(48)55)104-74(116)64(44(4)5)106-72(114)61(36-43(2)3)103-66(108)52(82)37-46-40-95-53-23-11-8-20-49(46)53)75(117)105-62(38-47-41-96-54-24-12-9-21-50(47)54)71(113)101-59(29-18-34-93-79(87)88)69(111)100-58(28-17-33-92-78(85)86)68(110)99-57(27-16-32-91-77(83)84)67(109)98-56(26-14-15-31-81)70(112)102-60(76(118)119)30-19-35-94-80(89)90/h8-13,20-25,40-45,52,56-65,95-97H,7,14-19,26-39,81-82H2,1-6H3,(H,98,109)(H,99,110)(H,100,111)(H,101,113)(H,102,112)(H,103,108)(H,104,116)(H,105,117)(H,106,114)(H,107,115)(H,118,119)(H4,83,84,91)(H4,85,86,92)(H4,87,88,93)(H4,89,90,94)/t45-,52-,56-,57-,58-,59-,60-,61-,62-,63-,64-,65-/m0/s1. The highest BCUT2D eigenvalue weighted by Crippen LogP contribution is 2.24. The van der Waals surface area contributed by atoms with Crippen LogP contribution in [0.2, 0.25) is 0 Å². The van der Waals surface area contributed by atoms with E-state index in [1.54, 1.807) is 70.6 Å². The van der Waals surface area contributed by atoms with E-state index in [1.807, 2.05) is 62.4 Å². The van der Waals surface area contributed by atoms with Gasteiger partial charge in [-0.15, -0.1) is 0 Å². The minimum Gasteiger partial charge on any atom is -0.480 e. The number of benzene rings is 3. The number of amides is 10. The van der Waals surface area contributed by atoms with Crippen molar-refractivity contribution in [1.82, 2.24) is 89.4 Å². The fourth-order valence-electron chi connectivity index (χ4n) is 13.6. The van der Waals surface area contributed by atoms with Gasteiger partial charge in [0.05, 0.1) is 6.04 Å². The Morgan fingerprint density at radius 3 is 1.03 bits per heavy atom. The molecule has 3 aromatic heterocycles. The van der Waals surface area contributed by atoms with Crippen molar-refractivity contribution in [2.45, 2.75) is 211 Å². The van der Waals surface area contributed by atoms with E-state index in [2.05, 4.69) is 89.4 Å². The van der Waals surface area contributed by atoms with Crippen LogP contribution in [0.15, 0.2) is 91.4 Å². The molecule has 650 valence electrons. The van der Waals surface area contributed by atoms with Crippen molar-refractivity contribution >= 4 is 122 Å². The number of rotatable bonds is 52. The molecule has 6 aromatic rings. The van der Waals surface area contributed by atoms with Crippen molar-refractivity contribution in [1.29, 1.82) is 21.6 Å². The van der Waals surface area contributed by atoms with Crippen molar-refractivity contribution in [2.24, 2.45) is 52.2 Å². The molecule has 0 fully saturated rings. The molecule has 0 saturated carbocycles. The van der Waals surface area contributed by atoms with Gasteiger partial charge in [0.25, 0.3) is 0 Å². The second kappa shape index (κ2) is 48.2. The molecule has 119 heavy (non-hydrogen) atoms. The summed E-state index contributed by atoms with van der Waals surface area (Å²) in [6, 6.07) is 6.79. The SMILES string of the molecule is CC[C@H](C)[C@H](NC(=O)[C@H](Cc1c[nH]c2ccccc12)NC(=O)[C@@H](NC(=O)[C@H](CC(C)C)NC(=O)[C@@H](N)Cc1c[nH]c2ccccc12)C(C)C)C(=O)N[C@@H](Cc1c[nH]c2ccccc12)C(=O)N[C@@H](CCCNC(=N)N)C(=O)N[C@@H](CCCNC(=N)N)C(=O)N[C@@H](CCCNC(=N)N)C(=O)N[C@@H](CCCCN)C(=O)N[C@@H](CCCNC(=N)N)C(=O)O. The van der Waals surface area contributed by atoms with Crippen molar-refractivity contribution in [3.05, 3.63) is 108 Å². The number of carboxylic acids is 1. The number of nitrogens with two attached hydrogens (primary N) is 6. The summed E-state index contributed by atoms with van der Waals surface area (Å²) in [6.45, 7) is 11.0. The summed E-state index contributed by atoms with van der Waals surface area (Å²) in [6.07, 6.45) is 5.80. The van der Waals surface area contributed by atoms with Gasteiger partial charge in [-0.25, -0.2) is 4.79 Å². The zero-order chi connectivity index (χ0) is 87.4. The van der Waals surface area contributed by atoms with Crippen LogP contribution in [0.4, 0.5) is 0 Å². The number of guanidine groups is 4. The van der Waals surface area contributed by atoms with Gasteiger partial charge in [-0.3, -0.25) is 69.6 Å². The molecular weight excluding hydrogens is 1530 g/mol. The Morgan fingerprint density at radius 2 is 0.681 bits per heavy atom. The second-order valence-corrected chi connectivity index (χ2v) is 30.6. The molecule has 39 heteroatoms. The average Bonchev–Trinajstić information content (AvgIpc) is 1.00. The molecule has 6 rings (SSSR count). The Balaban J connectivity index is 1.31. The zero-order valence-corrected chi connectivity index (χ0v) is 68.5. The third kappa shape index (κ3) is 31.1. The molecular formula is C80H123N27O12. The summed E-state index contributed by atoms with van der Waals surface area (Å²) in [5, 5.41) is 81.4. The van der Waals surface area contributed by atoms with E-state index in [0.717, 1.165) is 27.4 Å². The number of unbranched alkanes of at least 4 members (excludes halogenated alkanes) is 1. The highest BCUT2D eigenvalue weighted by molar-refractivity contribution is 6.00. The fraction of sp³-hybridized carbons (Fsp3) is 0.512. The monoisotopic (exact) mass is 1650 g/mol. The predicted octanol–water partition coefficient (Wildman–Crippen LogP) is -0.651. The van der Waals surface area contributed by atoms with Crippen LogP contribution in [0.1, 0.15) is 142 Å². The van der Waals surface area contributed by atoms with Gasteiger partial charge in [-0.1, -0.05) is 103 Å². The minimum absolute atomic E-state index is 0.00805. The molecule has 0 spiro atoms. The number of fused-ring (bicyclic) bond motifs is 3. The number of aromatic nitrogens is 3. The smallest absolute Gasteiger partial charge is 0.326 e. The second-order valence-electron chi connectivity index (χ2n) is 30.6. The van der Waals surface area contributed by atoms with Gasteiger partial charge >= 0.3 is 5.97 Å². The van der Waals surface area contributed by atoms with Crippen LogP contribution in [0.25, 0.3) is 32.7 Å². The number of carboxylic acid groups (broad SMARTS) is 1. The molecule has 12 atom stereocenters. The molecule has 0 aliphatic rings. The van der Waals surface area contributed by atoms with Gasteiger partial charge < -0.3 is 129 Å². The highest BCUT2D eigenvalue weighted by atomic mass is 16.4. The average molecular weight is 1660 g/mol. The number of hydrogen-bond acceptors (Lipinski definition) is 17. The number of aliphatic carboxylic acids is 1. The number of para-hydroxylation sites is 3. The number of nitrogens with one attached hydrogen (secondary N) is 21. The molecule has 3 heterocycles. The van der Waals surface area contributed by atoms with Crippen LogP contribution in [0.5, 0.6) is 0 Å². The van der Waals surface area contributed by atoms with Gasteiger partial charge in [0.2, 0.25) is 59.1 Å².